The van der Waals surface area contributed by atoms with Crippen LogP contribution in [0, 0.1) is 11.8 Å². The monoisotopic (exact) mass is 490 g/mol. The SMILES string of the molecule is C=C(C)C(=O)OC1C2OC(=O)C3C2OC1C3C(C)(C)OC(C)(C)C(O)(C(F)(F)F)C(F)(F)F. The highest BCUT2D eigenvalue weighted by molar-refractivity contribution is 5.87. The van der Waals surface area contributed by atoms with E-state index in [1.54, 1.807) is 0 Å². The maximum atomic E-state index is 13.5. The largest absolute Gasteiger partial charge is 0.455 e. The minimum atomic E-state index is -6.13. The van der Waals surface area contributed by atoms with Crippen molar-refractivity contribution in [3.8, 4) is 0 Å². The van der Waals surface area contributed by atoms with Crippen molar-refractivity contribution in [1.29, 1.82) is 0 Å². The first-order valence-electron chi connectivity index (χ1n) is 9.96. The third-order valence-electron chi connectivity index (χ3n) is 6.51. The Morgan fingerprint density at radius 1 is 1.00 bits per heavy atom. The van der Waals surface area contributed by atoms with E-state index < -0.39 is 77.3 Å². The number of rotatable bonds is 6. The van der Waals surface area contributed by atoms with Gasteiger partial charge in [-0.2, -0.15) is 26.3 Å². The summed E-state index contributed by atoms with van der Waals surface area (Å²) in [6.45, 7) is 8.06. The fourth-order valence-electron chi connectivity index (χ4n) is 5.15. The molecule has 3 rings (SSSR count). The molecule has 6 atom stereocenters. The Balaban J connectivity index is 1.97. The molecule has 33 heavy (non-hydrogen) atoms. The summed E-state index contributed by atoms with van der Waals surface area (Å²) >= 11 is 0. The van der Waals surface area contributed by atoms with Gasteiger partial charge in [0.1, 0.15) is 17.8 Å². The lowest BCUT2D eigenvalue weighted by atomic mass is 9.70. The first-order valence-corrected chi connectivity index (χ1v) is 9.96. The normalized spacial score (nSPS) is 32.2. The molecule has 3 saturated heterocycles. The molecule has 0 aromatic heterocycles. The predicted octanol–water partition coefficient (Wildman–Crippen LogP) is 2.84. The molecule has 3 aliphatic rings. The summed E-state index contributed by atoms with van der Waals surface area (Å²) < 4.78 is 102. The van der Waals surface area contributed by atoms with Gasteiger partial charge in [-0.25, -0.2) is 4.79 Å². The highest BCUT2D eigenvalue weighted by Gasteiger charge is 2.79. The second-order valence-corrected chi connectivity index (χ2v) is 9.59. The summed E-state index contributed by atoms with van der Waals surface area (Å²) in [5.41, 5.74) is -10.4. The predicted molar refractivity (Wildman–Crippen MR) is 96.5 cm³/mol. The van der Waals surface area contributed by atoms with Gasteiger partial charge in [0.05, 0.1) is 11.5 Å². The van der Waals surface area contributed by atoms with Crippen LogP contribution in [-0.2, 0) is 28.5 Å². The van der Waals surface area contributed by atoms with Gasteiger partial charge in [-0.05, 0) is 34.6 Å². The summed E-state index contributed by atoms with van der Waals surface area (Å²) in [6.07, 6.45) is -16.4. The molecule has 13 heteroatoms. The van der Waals surface area contributed by atoms with Crippen molar-refractivity contribution < 1.29 is 60.0 Å². The van der Waals surface area contributed by atoms with Crippen molar-refractivity contribution in [3.63, 3.8) is 0 Å². The average Bonchev–Trinajstić information content (AvgIpc) is 3.21. The van der Waals surface area contributed by atoms with Crippen molar-refractivity contribution in [2.45, 2.75) is 88.2 Å². The Hall–Kier alpha value is -1.86. The summed E-state index contributed by atoms with van der Waals surface area (Å²) in [7, 11) is 0. The van der Waals surface area contributed by atoms with Gasteiger partial charge in [0.25, 0.3) is 5.60 Å². The molecule has 3 aliphatic heterocycles. The lowest BCUT2D eigenvalue weighted by Crippen LogP contribution is -2.71. The highest BCUT2D eigenvalue weighted by Crippen LogP contribution is 2.58. The number of esters is 2. The van der Waals surface area contributed by atoms with Gasteiger partial charge in [0.2, 0.25) is 0 Å². The van der Waals surface area contributed by atoms with E-state index >= 15 is 0 Å². The van der Waals surface area contributed by atoms with Gasteiger partial charge in [-0.15, -0.1) is 0 Å². The quantitative estimate of drug-likeness (QED) is 0.348. The number of aliphatic hydroxyl groups is 1. The van der Waals surface area contributed by atoms with Crippen LogP contribution in [0.4, 0.5) is 26.3 Å². The van der Waals surface area contributed by atoms with Crippen LogP contribution in [-0.4, -0.2) is 70.6 Å². The van der Waals surface area contributed by atoms with Crippen molar-refractivity contribution >= 4 is 11.9 Å². The number of halogens is 6. The van der Waals surface area contributed by atoms with Crippen LogP contribution in [0.5, 0.6) is 0 Å². The van der Waals surface area contributed by atoms with E-state index in [9.17, 15) is 41.0 Å². The molecular formula is C20H24F6O7. The van der Waals surface area contributed by atoms with E-state index in [4.69, 9.17) is 18.9 Å². The zero-order chi connectivity index (χ0) is 25.5. The maximum Gasteiger partial charge on any atom is 0.429 e. The van der Waals surface area contributed by atoms with Gasteiger partial charge >= 0.3 is 24.3 Å². The Morgan fingerprint density at radius 2 is 1.52 bits per heavy atom. The number of alkyl halides is 6. The minimum absolute atomic E-state index is 0.0206. The van der Waals surface area contributed by atoms with Gasteiger partial charge in [-0.3, -0.25) is 4.79 Å². The minimum Gasteiger partial charge on any atom is -0.455 e. The topological polar surface area (TPSA) is 91.3 Å². The summed E-state index contributed by atoms with van der Waals surface area (Å²) in [4.78, 5) is 24.5. The standard InChI is InChI=1S/C20H24F6O7/c1-7(2)14(27)31-13-11-9(8-10(30-11)12(13)32-15(8)28)16(3,4)33-17(5,6)18(29,19(21,22)23)20(24,25)26/h8-13,29H,1H2,2-6H3. The number of hydrogen-bond acceptors (Lipinski definition) is 7. The molecule has 0 aliphatic carbocycles. The van der Waals surface area contributed by atoms with E-state index in [0.29, 0.717) is 13.8 Å². The van der Waals surface area contributed by atoms with Gasteiger partial charge in [0, 0.05) is 11.5 Å². The maximum absolute atomic E-state index is 13.5. The molecule has 0 aromatic rings. The molecular weight excluding hydrogens is 466 g/mol. The van der Waals surface area contributed by atoms with Crippen LogP contribution < -0.4 is 0 Å². The number of hydrogen-bond donors (Lipinski definition) is 1. The first-order chi connectivity index (χ1) is 14.7. The molecule has 3 heterocycles. The summed E-state index contributed by atoms with van der Waals surface area (Å²) in [5.74, 6) is -3.86. The number of carbonyl (C=O) groups excluding carboxylic acids is 2. The van der Waals surface area contributed by atoms with E-state index in [0.717, 1.165) is 0 Å². The zero-order valence-electron chi connectivity index (χ0n) is 18.3. The lowest BCUT2D eigenvalue weighted by Gasteiger charge is -2.49. The van der Waals surface area contributed by atoms with Crippen molar-refractivity contribution in [2.75, 3.05) is 0 Å². The molecule has 6 unspecified atom stereocenters. The van der Waals surface area contributed by atoms with Crippen molar-refractivity contribution in [2.24, 2.45) is 11.8 Å². The molecule has 0 amide bonds. The van der Waals surface area contributed by atoms with Crippen molar-refractivity contribution in [3.05, 3.63) is 12.2 Å². The van der Waals surface area contributed by atoms with Crippen LogP contribution in [0.25, 0.3) is 0 Å². The van der Waals surface area contributed by atoms with E-state index in [1.165, 1.54) is 20.8 Å². The van der Waals surface area contributed by atoms with E-state index in [2.05, 4.69) is 6.58 Å². The first kappa shape index (κ1) is 25.8. The van der Waals surface area contributed by atoms with Crippen molar-refractivity contribution in [1.82, 2.24) is 0 Å². The van der Waals surface area contributed by atoms with Crippen LogP contribution in [0.3, 0.4) is 0 Å². The summed E-state index contributed by atoms with van der Waals surface area (Å²) in [6, 6.07) is 0. The Morgan fingerprint density at radius 3 is 1.97 bits per heavy atom. The Labute approximate surface area is 185 Å². The van der Waals surface area contributed by atoms with Gasteiger partial charge < -0.3 is 24.1 Å². The molecule has 1 N–H and O–H groups in total. The molecule has 0 radical (unpaired) electrons. The lowest BCUT2D eigenvalue weighted by molar-refractivity contribution is -0.421. The molecule has 2 bridgehead atoms. The number of fused-ring (bicyclic) bond motifs is 1. The molecule has 188 valence electrons. The van der Waals surface area contributed by atoms with E-state index in [1.807, 2.05) is 0 Å². The molecule has 0 spiro atoms. The summed E-state index contributed by atoms with van der Waals surface area (Å²) in [5, 5.41) is 9.89. The molecule has 3 fully saturated rings. The molecule has 7 nitrogen and oxygen atoms in total. The van der Waals surface area contributed by atoms with Crippen LogP contribution >= 0.6 is 0 Å². The van der Waals surface area contributed by atoms with Crippen LogP contribution in [0.2, 0.25) is 0 Å². The highest BCUT2D eigenvalue weighted by atomic mass is 19.4. The van der Waals surface area contributed by atoms with Crippen LogP contribution in [0.15, 0.2) is 12.2 Å². The third-order valence-corrected chi connectivity index (χ3v) is 6.51. The number of ether oxygens (including phenoxy) is 4. The second-order valence-electron chi connectivity index (χ2n) is 9.59. The Bertz CT molecular complexity index is 848. The van der Waals surface area contributed by atoms with Gasteiger partial charge in [0.15, 0.2) is 12.2 Å². The fourth-order valence-corrected chi connectivity index (χ4v) is 5.15. The van der Waals surface area contributed by atoms with Crippen LogP contribution in [0.1, 0.15) is 34.6 Å². The molecule has 0 aromatic carbocycles. The van der Waals surface area contributed by atoms with E-state index in [-0.39, 0.29) is 5.57 Å². The smallest absolute Gasteiger partial charge is 0.429 e. The zero-order valence-corrected chi connectivity index (χ0v) is 18.3. The molecule has 0 saturated carbocycles. The third kappa shape index (κ3) is 3.63. The number of carbonyl (C=O) groups is 2. The van der Waals surface area contributed by atoms with Gasteiger partial charge in [-0.1, -0.05) is 6.58 Å². The fraction of sp³-hybridized carbons (Fsp3) is 0.800. The second kappa shape index (κ2) is 7.32. The average molecular weight is 490 g/mol. The Kier molecular flexibility index (Phi) is 5.71.